The van der Waals surface area contributed by atoms with Gasteiger partial charge in [0.1, 0.15) is 0 Å². The van der Waals surface area contributed by atoms with Crippen LogP contribution in [-0.2, 0) is 6.42 Å². The fourth-order valence-electron chi connectivity index (χ4n) is 2.78. The molecule has 21 heavy (non-hydrogen) atoms. The predicted octanol–water partition coefficient (Wildman–Crippen LogP) is 6.05. The van der Waals surface area contributed by atoms with E-state index in [1.165, 1.54) is 23.3 Å². The van der Waals surface area contributed by atoms with E-state index in [-0.39, 0.29) is 0 Å². The van der Waals surface area contributed by atoms with Gasteiger partial charge >= 0.3 is 0 Å². The predicted molar refractivity (Wildman–Crippen MR) is 93.9 cm³/mol. The van der Waals surface area contributed by atoms with Crippen LogP contribution in [0.1, 0.15) is 36.2 Å². The molecule has 0 fully saturated rings. The number of rotatable bonds is 4. The molecule has 3 rings (SSSR count). The molecule has 1 atom stereocenters. The van der Waals surface area contributed by atoms with E-state index in [1.807, 2.05) is 30.4 Å². The highest BCUT2D eigenvalue weighted by atomic mass is 79.9. The zero-order valence-corrected chi connectivity index (χ0v) is 14.9. The fraction of sp³-hybridized carbons (Fsp3) is 0.375. The minimum atomic E-state index is 0.338. The molecule has 0 aliphatic heterocycles. The van der Waals surface area contributed by atoms with Crippen LogP contribution < -0.4 is 10.1 Å². The lowest BCUT2D eigenvalue weighted by atomic mass is 9.94. The minimum absolute atomic E-state index is 0.338. The maximum atomic E-state index is 6.20. The van der Waals surface area contributed by atoms with E-state index in [9.17, 15) is 0 Å². The molecule has 1 unspecified atom stereocenters. The highest BCUT2D eigenvalue weighted by Crippen LogP contribution is 2.41. The highest BCUT2D eigenvalue weighted by Gasteiger charge is 2.22. The molecule has 0 bridgehead atoms. The average Bonchev–Trinajstić information content (AvgIpc) is 2.92. The molecule has 0 saturated heterocycles. The molecule has 5 heteroatoms. The molecule has 2 nitrogen and oxygen atoms in total. The molecule has 2 aromatic rings. The first-order valence-corrected chi connectivity index (χ1v) is 9.18. The van der Waals surface area contributed by atoms with Gasteiger partial charge in [0.05, 0.1) is 22.8 Å². The summed E-state index contributed by atoms with van der Waals surface area (Å²) < 4.78 is 6.66. The van der Waals surface area contributed by atoms with Crippen LogP contribution in [0.5, 0.6) is 5.75 Å². The zero-order chi connectivity index (χ0) is 14.8. The summed E-state index contributed by atoms with van der Waals surface area (Å²) >= 11 is 11.6. The summed E-state index contributed by atoms with van der Waals surface area (Å²) in [4.78, 5) is 1.50. The van der Waals surface area contributed by atoms with Crippen molar-refractivity contribution in [1.82, 2.24) is 0 Å². The minimum Gasteiger partial charge on any atom is -0.491 e. The fourth-order valence-corrected chi connectivity index (χ4v) is 4.69. The van der Waals surface area contributed by atoms with E-state index in [1.54, 1.807) is 0 Å². The monoisotopic (exact) mass is 385 g/mol. The Morgan fingerprint density at radius 3 is 3.14 bits per heavy atom. The molecule has 1 aromatic carbocycles. The number of anilines is 1. The van der Waals surface area contributed by atoms with Gasteiger partial charge in [0.25, 0.3) is 0 Å². The Kier molecular flexibility index (Phi) is 4.77. The Morgan fingerprint density at radius 1 is 1.48 bits per heavy atom. The smallest absolute Gasteiger partial charge is 0.156 e. The molecule has 1 aliphatic carbocycles. The SMILES string of the molecule is CCOc1c(Br)cc(Cl)cc1NC1CCCc2sccc21. The number of aryl methyl sites for hydroxylation is 1. The molecular formula is C16H17BrClNOS. The topological polar surface area (TPSA) is 21.3 Å². The summed E-state index contributed by atoms with van der Waals surface area (Å²) in [6.45, 7) is 2.62. The Labute approximate surface area is 142 Å². The van der Waals surface area contributed by atoms with Crippen molar-refractivity contribution in [2.45, 2.75) is 32.2 Å². The van der Waals surface area contributed by atoms with Gasteiger partial charge in [-0.2, -0.15) is 0 Å². The number of hydrogen-bond acceptors (Lipinski definition) is 3. The standard InChI is InChI=1S/C16H17BrClNOS/c1-2-20-16-12(17)8-10(18)9-14(16)19-13-4-3-5-15-11(13)6-7-21-15/h6-9,13,19H,2-5H2,1H3. The van der Waals surface area contributed by atoms with Crippen LogP contribution in [0.3, 0.4) is 0 Å². The summed E-state index contributed by atoms with van der Waals surface area (Å²) in [5.41, 5.74) is 2.38. The van der Waals surface area contributed by atoms with Crippen LogP contribution in [0.15, 0.2) is 28.1 Å². The first-order chi connectivity index (χ1) is 10.2. The van der Waals surface area contributed by atoms with Crippen molar-refractivity contribution < 1.29 is 4.74 Å². The van der Waals surface area contributed by atoms with Crippen molar-refractivity contribution in [2.75, 3.05) is 11.9 Å². The van der Waals surface area contributed by atoms with Crippen LogP contribution in [0.4, 0.5) is 5.69 Å². The number of ether oxygens (including phenoxy) is 1. The van der Waals surface area contributed by atoms with Crippen LogP contribution in [0.25, 0.3) is 0 Å². The number of thiophene rings is 1. The Bertz CT molecular complexity index is 643. The second-order valence-electron chi connectivity index (χ2n) is 5.09. The number of fused-ring (bicyclic) bond motifs is 1. The lowest BCUT2D eigenvalue weighted by Gasteiger charge is -2.26. The molecule has 1 aromatic heterocycles. The maximum Gasteiger partial charge on any atom is 0.156 e. The van der Waals surface area contributed by atoms with Crippen molar-refractivity contribution in [2.24, 2.45) is 0 Å². The molecule has 112 valence electrons. The summed E-state index contributed by atoms with van der Waals surface area (Å²) in [6.07, 6.45) is 3.55. The van der Waals surface area contributed by atoms with Crippen molar-refractivity contribution in [1.29, 1.82) is 0 Å². The number of hydrogen-bond donors (Lipinski definition) is 1. The molecular weight excluding hydrogens is 370 g/mol. The quantitative estimate of drug-likeness (QED) is 0.690. The van der Waals surface area contributed by atoms with Crippen molar-refractivity contribution >= 4 is 44.6 Å². The van der Waals surface area contributed by atoms with Gasteiger partial charge in [-0.3, -0.25) is 0 Å². The van der Waals surface area contributed by atoms with Gasteiger partial charge in [-0.25, -0.2) is 0 Å². The molecule has 1 N–H and O–H groups in total. The second kappa shape index (κ2) is 6.59. The summed E-state index contributed by atoms with van der Waals surface area (Å²) in [5, 5.41) is 6.51. The molecule has 0 spiro atoms. The van der Waals surface area contributed by atoms with Crippen LogP contribution in [0.2, 0.25) is 5.02 Å². The Morgan fingerprint density at radius 2 is 2.33 bits per heavy atom. The highest BCUT2D eigenvalue weighted by molar-refractivity contribution is 9.10. The largest absolute Gasteiger partial charge is 0.491 e. The lowest BCUT2D eigenvalue weighted by Crippen LogP contribution is -2.16. The Hall–Kier alpha value is -0.710. The van der Waals surface area contributed by atoms with E-state index >= 15 is 0 Å². The van der Waals surface area contributed by atoms with E-state index in [0.717, 1.165) is 22.3 Å². The van der Waals surface area contributed by atoms with E-state index in [4.69, 9.17) is 16.3 Å². The number of halogens is 2. The molecule has 0 amide bonds. The third kappa shape index (κ3) is 3.22. The Balaban J connectivity index is 1.92. The van der Waals surface area contributed by atoms with E-state index in [2.05, 4.69) is 32.7 Å². The van der Waals surface area contributed by atoms with Gasteiger partial charge in [-0.05, 0) is 71.3 Å². The maximum absolute atomic E-state index is 6.20. The van der Waals surface area contributed by atoms with Gasteiger partial charge in [0.2, 0.25) is 0 Å². The first kappa shape index (κ1) is 15.2. The summed E-state index contributed by atoms with van der Waals surface area (Å²) in [5.74, 6) is 0.837. The summed E-state index contributed by atoms with van der Waals surface area (Å²) in [7, 11) is 0. The average molecular weight is 387 g/mol. The van der Waals surface area contributed by atoms with Gasteiger partial charge in [-0.15, -0.1) is 11.3 Å². The van der Waals surface area contributed by atoms with E-state index in [0.29, 0.717) is 17.7 Å². The molecule has 1 heterocycles. The van der Waals surface area contributed by atoms with E-state index < -0.39 is 0 Å². The first-order valence-electron chi connectivity index (χ1n) is 7.13. The van der Waals surface area contributed by atoms with Crippen molar-refractivity contribution in [3.05, 3.63) is 43.5 Å². The van der Waals surface area contributed by atoms with Gasteiger partial charge < -0.3 is 10.1 Å². The van der Waals surface area contributed by atoms with Crippen molar-refractivity contribution in [3.8, 4) is 5.75 Å². The van der Waals surface area contributed by atoms with Crippen LogP contribution in [-0.4, -0.2) is 6.61 Å². The zero-order valence-electron chi connectivity index (χ0n) is 11.8. The molecule has 0 radical (unpaired) electrons. The van der Waals surface area contributed by atoms with Gasteiger partial charge in [0, 0.05) is 9.90 Å². The molecule has 0 saturated carbocycles. The number of benzene rings is 1. The van der Waals surface area contributed by atoms with Crippen molar-refractivity contribution in [3.63, 3.8) is 0 Å². The normalized spacial score (nSPS) is 17.4. The van der Waals surface area contributed by atoms with Gasteiger partial charge in [0.15, 0.2) is 5.75 Å². The lowest BCUT2D eigenvalue weighted by molar-refractivity contribution is 0.339. The van der Waals surface area contributed by atoms with Crippen LogP contribution >= 0.6 is 38.9 Å². The third-order valence-electron chi connectivity index (χ3n) is 3.68. The van der Waals surface area contributed by atoms with Gasteiger partial charge in [-0.1, -0.05) is 11.6 Å². The number of nitrogens with one attached hydrogen (secondary N) is 1. The third-order valence-corrected chi connectivity index (χ3v) is 5.48. The van der Waals surface area contributed by atoms with Crippen LogP contribution in [0, 0.1) is 0 Å². The summed E-state index contributed by atoms with van der Waals surface area (Å²) in [6, 6.07) is 6.38. The molecule has 1 aliphatic rings. The second-order valence-corrected chi connectivity index (χ2v) is 7.38.